The minimum atomic E-state index is -5.25. The van der Waals surface area contributed by atoms with Gasteiger partial charge in [-0.2, -0.15) is 0 Å². The minimum Gasteiger partial charge on any atom is -0.747 e. The van der Waals surface area contributed by atoms with Crippen molar-refractivity contribution in [2.75, 3.05) is 13.6 Å². The van der Waals surface area contributed by atoms with E-state index in [2.05, 4.69) is 0 Å². The molecule has 2 aromatic rings. The number of aryl methyl sites for hydroxylation is 1. The molecule has 2 aromatic carbocycles. The molecule has 42 heavy (non-hydrogen) atoms. The number of hydrogen-bond donors (Lipinski definition) is 0. The monoisotopic (exact) mass is 652 g/mol. The van der Waals surface area contributed by atoms with Crippen LogP contribution in [0.3, 0.4) is 0 Å². The van der Waals surface area contributed by atoms with Gasteiger partial charge in [0.2, 0.25) is 13.6 Å². The fraction of sp³-hybridized carbons (Fsp3) is 0.500. The van der Waals surface area contributed by atoms with Gasteiger partial charge >= 0.3 is 70.9 Å². The van der Waals surface area contributed by atoms with E-state index in [0.717, 1.165) is 5.56 Å². The minimum absolute atomic E-state index is 0. The van der Waals surface area contributed by atoms with Crippen molar-refractivity contribution in [3.63, 3.8) is 0 Å². The number of esters is 2. The first-order valence-electron chi connectivity index (χ1n) is 12.9. The molecule has 0 bridgehead atoms. The maximum absolute atomic E-state index is 13.7. The molecule has 11 nitrogen and oxygen atoms in total. The third kappa shape index (κ3) is 13.3. The molecule has 1 atom stereocenters. The van der Waals surface area contributed by atoms with Crippen LogP contribution in [0.25, 0.3) is 0 Å². The second-order valence-corrected chi connectivity index (χ2v) is 15.4. The number of ether oxygens (including phenoxy) is 3. The van der Waals surface area contributed by atoms with Crippen LogP contribution in [0.5, 0.6) is 11.5 Å². The van der Waals surface area contributed by atoms with Crippen LogP contribution in [0.2, 0.25) is 0 Å². The van der Waals surface area contributed by atoms with Crippen molar-refractivity contribution in [1.29, 1.82) is 0 Å². The third-order valence-corrected chi connectivity index (χ3v) is 9.90. The normalized spacial score (nSPS) is 13.0. The van der Waals surface area contributed by atoms with Crippen molar-refractivity contribution in [3.8, 4) is 11.5 Å². The van der Waals surface area contributed by atoms with E-state index in [9.17, 15) is 27.1 Å². The molecular weight excluding hydrogens is 614 g/mol. The van der Waals surface area contributed by atoms with Crippen molar-refractivity contribution in [2.24, 2.45) is 10.8 Å². The van der Waals surface area contributed by atoms with Gasteiger partial charge in [0.25, 0.3) is 0 Å². The average molecular weight is 653 g/mol. The predicted octanol–water partition coefficient (Wildman–Crippen LogP) is 3.00. The van der Waals surface area contributed by atoms with Crippen molar-refractivity contribution >= 4 is 29.7 Å². The summed E-state index contributed by atoms with van der Waals surface area (Å²) in [5, 5.41) is 0. The molecule has 0 amide bonds. The zero-order valence-corrected chi connectivity index (χ0v) is 30.0. The Hall–Kier alpha value is -1.12. The van der Waals surface area contributed by atoms with Gasteiger partial charge in [-0.05, 0) is 90.6 Å². The Bertz CT molecular complexity index is 1280. The number of benzene rings is 2. The van der Waals surface area contributed by atoms with Crippen LogP contribution in [0.1, 0.15) is 59.9 Å². The Balaban J connectivity index is 0.00000882. The van der Waals surface area contributed by atoms with E-state index in [4.69, 9.17) is 23.3 Å². The van der Waals surface area contributed by atoms with Gasteiger partial charge < -0.3 is 18.8 Å². The van der Waals surface area contributed by atoms with Crippen molar-refractivity contribution in [3.05, 3.63) is 60.2 Å². The molecule has 0 aliphatic rings. The summed E-state index contributed by atoms with van der Waals surface area (Å²) >= 11 is 0. The molecule has 1 unspecified atom stereocenters. The average Bonchev–Trinajstić information content (AvgIpc) is 2.85. The molecule has 0 saturated heterocycles. The van der Waals surface area contributed by atoms with Crippen LogP contribution in [0.4, 0.5) is 0 Å². The molecule has 14 heteroatoms. The van der Waals surface area contributed by atoms with Crippen LogP contribution in [0, 0.1) is 10.8 Å². The summed E-state index contributed by atoms with van der Waals surface area (Å²) in [5.41, 5.74) is -1.09. The van der Waals surface area contributed by atoms with Gasteiger partial charge in [0.05, 0.1) is 10.8 Å². The Labute approximate surface area is 290 Å². The summed E-state index contributed by atoms with van der Waals surface area (Å²) in [6, 6.07) is 16.2. The standard InChI is InChI=1S/C28H39O11PS.K/c1-27(2,3)25(29)35-19-37-40(31,38-20-36-26(30)28(4,5)6)24(41(32,33)34)17-11-13-21-12-10-16-23(18-21)39-22-14-8-7-9-15-22;/h7-10,12,14-16,18,24H,11,13,17,19-20H2,1-6H3,(H,32,33,34);/q;+1/p-1. The summed E-state index contributed by atoms with van der Waals surface area (Å²) in [4.78, 5) is 22.1. The van der Waals surface area contributed by atoms with Crippen LogP contribution in [-0.2, 0) is 49.2 Å². The van der Waals surface area contributed by atoms with Gasteiger partial charge in [-0.15, -0.1) is 0 Å². The molecular formula is C28H38KO11PS. The van der Waals surface area contributed by atoms with Crippen molar-refractivity contribution in [1.82, 2.24) is 0 Å². The number of para-hydroxylation sites is 1. The molecule has 0 heterocycles. The number of rotatable bonds is 14. The Kier molecular flexibility index (Phi) is 15.6. The maximum Gasteiger partial charge on any atom is 1.00 e. The first kappa shape index (κ1) is 38.9. The van der Waals surface area contributed by atoms with Gasteiger partial charge in [-0.1, -0.05) is 30.3 Å². The SMILES string of the molecule is CC(C)(C)C(=O)OCOP(=O)(OCOC(=O)C(C)(C)C)C(CCCc1cccc(Oc2ccccc2)c1)S(=O)(=O)[O-].[K+]. The number of hydrogen-bond acceptors (Lipinski definition) is 11. The van der Waals surface area contributed by atoms with Gasteiger partial charge in [-0.3, -0.25) is 23.2 Å². The summed E-state index contributed by atoms with van der Waals surface area (Å²) in [6.45, 7) is 7.55. The van der Waals surface area contributed by atoms with Crippen molar-refractivity contribution in [2.45, 2.75) is 65.8 Å². The molecule has 2 rings (SSSR count). The topological polar surface area (TPSA) is 155 Å². The smallest absolute Gasteiger partial charge is 0.747 e. The summed E-state index contributed by atoms with van der Waals surface area (Å²) in [6.07, 6.45) is -0.00938. The van der Waals surface area contributed by atoms with Crippen LogP contribution < -0.4 is 56.1 Å². The Morgan fingerprint density at radius 3 is 1.81 bits per heavy atom. The van der Waals surface area contributed by atoms with E-state index in [0.29, 0.717) is 17.9 Å². The molecule has 0 aromatic heterocycles. The summed E-state index contributed by atoms with van der Waals surface area (Å²) < 4.78 is 76.5. The van der Waals surface area contributed by atoms with E-state index >= 15 is 0 Å². The number of carbonyl (C=O) groups is 2. The van der Waals surface area contributed by atoms with Gasteiger partial charge in [0.1, 0.15) is 21.6 Å². The number of carbonyl (C=O) groups excluding carboxylic acids is 2. The van der Waals surface area contributed by atoms with Gasteiger partial charge in [-0.25, -0.2) is 8.42 Å². The van der Waals surface area contributed by atoms with Crippen LogP contribution >= 0.6 is 7.60 Å². The zero-order valence-electron chi connectivity index (χ0n) is 25.2. The van der Waals surface area contributed by atoms with Gasteiger partial charge in [0.15, 0.2) is 4.99 Å². The zero-order chi connectivity index (χ0) is 30.9. The fourth-order valence-electron chi connectivity index (χ4n) is 3.27. The maximum atomic E-state index is 13.7. The molecule has 0 saturated carbocycles. The molecule has 0 spiro atoms. The summed E-state index contributed by atoms with van der Waals surface area (Å²) in [5.74, 6) is -0.248. The predicted molar refractivity (Wildman–Crippen MR) is 150 cm³/mol. The second-order valence-electron chi connectivity index (χ2n) is 11.3. The second kappa shape index (κ2) is 16.8. The molecule has 0 fully saturated rings. The third-order valence-electron chi connectivity index (χ3n) is 5.55. The Morgan fingerprint density at radius 2 is 1.33 bits per heavy atom. The van der Waals surface area contributed by atoms with Gasteiger partial charge in [0, 0.05) is 0 Å². The first-order chi connectivity index (χ1) is 18.9. The largest absolute Gasteiger partial charge is 1.00 e. The van der Waals surface area contributed by atoms with Crippen LogP contribution in [-0.4, -0.2) is 43.5 Å². The van der Waals surface area contributed by atoms with E-state index in [-0.39, 0.29) is 57.8 Å². The van der Waals surface area contributed by atoms with E-state index in [1.54, 1.807) is 77.9 Å². The molecule has 0 N–H and O–H groups in total. The molecule has 228 valence electrons. The quantitative estimate of drug-likeness (QED) is 0.0973. The first-order valence-corrected chi connectivity index (χ1v) is 16.0. The van der Waals surface area contributed by atoms with Crippen LogP contribution in [0.15, 0.2) is 54.6 Å². The molecule has 0 radical (unpaired) electrons. The van der Waals surface area contributed by atoms with Crippen molar-refractivity contribution < 1.29 is 102 Å². The molecule has 0 aliphatic heterocycles. The van der Waals surface area contributed by atoms with E-state index in [1.807, 2.05) is 18.2 Å². The summed E-state index contributed by atoms with van der Waals surface area (Å²) in [7, 11) is -10.1. The fourth-order valence-corrected chi connectivity index (χ4v) is 6.66. The Morgan fingerprint density at radius 1 is 0.833 bits per heavy atom. The molecule has 0 aliphatic carbocycles. The van der Waals surface area contributed by atoms with E-state index < -0.39 is 65.5 Å². The van der Waals surface area contributed by atoms with E-state index in [1.165, 1.54) is 0 Å².